The van der Waals surface area contributed by atoms with Gasteiger partial charge in [0.05, 0.1) is 6.20 Å². The fourth-order valence-electron chi connectivity index (χ4n) is 1.50. The maximum atomic E-state index is 5.54. The van der Waals surface area contributed by atoms with Crippen molar-refractivity contribution in [3.05, 3.63) is 12.4 Å². The molecule has 0 aliphatic heterocycles. The standard InChI is InChI=1S/C13H21N3O/c1-2-3-4-5-6-7-12-17-13-8-10-16-11-9-14-15-16/h9,11H,4-8,10,12-13H2,1H3. The van der Waals surface area contributed by atoms with E-state index in [-0.39, 0.29) is 0 Å². The zero-order valence-electron chi connectivity index (χ0n) is 10.6. The third-order valence-corrected chi connectivity index (χ3v) is 2.42. The van der Waals surface area contributed by atoms with Gasteiger partial charge in [-0.1, -0.05) is 11.6 Å². The summed E-state index contributed by atoms with van der Waals surface area (Å²) in [4.78, 5) is 0. The molecular weight excluding hydrogens is 214 g/mol. The van der Waals surface area contributed by atoms with Crippen molar-refractivity contribution in [2.75, 3.05) is 13.2 Å². The molecule has 0 bridgehead atoms. The Morgan fingerprint density at radius 3 is 2.82 bits per heavy atom. The van der Waals surface area contributed by atoms with E-state index in [1.807, 2.05) is 17.8 Å². The van der Waals surface area contributed by atoms with Gasteiger partial charge in [-0.25, -0.2) is 0 Å². The first kappa shape index (κ1) is 13.7. The lowest BCUT2D eigenvalue weighted by molar-refractivity contribution is 0.124. The van der Waals surface area contributed by atoms with Crippen molar-refractivity contribution < 1.29 is 4.74 Å². The first-order chi connectivity index (χ1) is 8.43. The van der Waals surface area contributed by atoms with Crippen molar-refractivity contribution >= 4 is 0 Å². The number of unbranched alkanes of at least 4 members (excludes halogenated alkanes) is 3. The number of aromatic nitrogens is 3. The van der Waals surface area contributed by atoms with Crippen molar-refractivity contribution in [1.82, 2.24) is 15.0 Å². The first-order valence-electron chi connectivity index (χ1n) is 6.25. The largest absolute Gasteiger partial charge is 0.381 e. The van der Waals surface area contributed by atoms with Gasteiger partial charge in [0, 0.05) is 32.4 Å². The molecule has 0 aromatic carbocycles. The summed E-state index contributed by atoms with van der Waals surface area (Å²) in [6.07, 6.45) is 9.10. The van der Waals surface area contributed by atoms with Crippen LogP contribution in [-0.4, -0.2) is 28.2 Å². The van der Waals surface area contributed by atoms with E-state index in [0.29, 0.717) is 0 Å². The van der Waals surface area contributed by atoms with Gasteiger partial charge in [0.15, 0.2) is 0 Å². The van der Waals surface area contributed by atoms with E-state index in [1.54, 1.807) is 6.20 Å². The molecule has 0 fully saturated rings. The molecule has 1 aromatic rings. The second-order valence-electron chi connectivity index (χ2n) is 3.87. The highest BCUT2D eigenvalue weighted by Gasteiger charge is 1.93. The minimum absolute atomic E-state index is 0.800. The molecule has 17 heavy (non-hydrogen) atoms. The molecule has 1 heterocycles. The Bertz CT molecular complexity index is 324. The van der Waals surface area contributed by atoms with Crippen LogP contribution >= 0.6 is 0 Å². The van der Waals surface area contributed by atoms with Gasteiger partial charge in [-0.2, -0.15) is 0 Å². The van der Waals surface area contributed by atoms with Crippen LogP contribution in [0.2, 0.25) is 0 Å². The number of nitrogens with zero attached hydrogens (tertiary/aromatic N) is 3. The molecule has 4 nitrogen and oxygen atoms in total. The molecule has 1 aromatic heterocycles. The SMILES string of the molecule is CC#CCCCCCOCCCn1ccnn1. The molecule has 1 rings (SSSR count). The second kappa shape index (κ2) is 9.86. The average molecular weight is 235 g/mol. The molecule has 0 radical (unpaired) electrons. The van der Waals surface area contributed by atoms with E-state index in [9.17, 15) is 0 Å². The number of ether oxygens (including phenoxy) is 1. The summed E-state index contributed by atoms with van der Waals surface area (Å²) < 4.78 is 7.37. The van der Waals surface area contributed by atoms with Gasteiger partial charge in [-0.05, 0) is 26.2 Å². The number of hydrogen-bond acceptors (Lipinski definition) is 3. The number of hydrogen-bond donors (Lipinski definition) is 0. The predicted octanol–water partition coefficient (Wildman–Crippen LogP) is 2.27. The van der Waals surface area contributed by atoms with Gasteiger partial charge < -0.3 is 4.74 Å². The normalized spacial score (nSPS) is 9.94. The lowest BCUT2D eigenvalue weighted by atomic mass is 10.2. The van der Waals surface area contributed by atoms with Crippen LogP contribution in [0.5, 0.6) is 0 Å². The zero-order valence-corrected chi connectivity index (χ0v) is 10.6. The van der Waals surface area contributed by atoms with Crippen LogP contribution in [0.3, 0.4) is 0 Å². The molecule has 0 aliphatic carbocycles. The van der Waals surface area contributed by atoms with Crippen LogP contribution in [0, 0.1) is 11.8 Å². The lowest BCUT2D eigenvalue weighted by Gasteiger charge is -2.03. The predicted molar refractivity (Wildman–Crippen MR) is 67.4 cm³/mol. The Morgan fingerprint density at radius 2 is 2.06 bits per heavy atom. The third kappa shape index (κ3) is 7.53. The highest BCUT2D eigenvalue weighted by atomic mass is 16.5. The Morgan fingerprint density at radius 1 is 1.18 bits per heavy atom. The second-order valence-corrected chi connectivity index (χ2v) is 3.87. The number of aryl methyl sites for hydroxylation is 1. The summed E-state index contributed by atoms with van der Waals surface area (Å²) in [6, 6.07) is 0. The minimum atomic E-state index is 0.800. The molecule has 94 valence electrons. The van der Waals surface area contributed by atoms with Crippen molar-refractivity contribution in [1.29, 1.82) is 0 Å². The minimum Gasteiger partial charge on any atom is -0.381 e. The molecule has 0 spiro atoms. The maximum absolute atomic E-state index is 5.54. The highest BCUT2D eigenvalue weighted by molar-refractivity contribution is 4.94. The van der Waals surface area contributed by atoms with Crippen LogP contribution in [-0.2, 0) is 11.3 Å². The van der Waals surface area contributed by atoms with Crippen molar-refractivity contribution in [3.8, 4) is 11.8 Å². The topological polar surface area (TPSA) is 39.9 Å². The third-order valence-electron chi connectivity index (χ3n) is 2.42. The summed E-state index contributed by atoms with van der Waals surface area (Å²) in [7, 11) is 0. The van der Waals surface area contributed by atoms with Crippen molar-refractivity contribution in [3.63, 3.8) is 0 Å². The van der Waals surface area contributed by atoms with Crippen LogP contribution < -0.4 is 0 Å². The summed E-state index contributed by atoms with van der Waals surface area (Å²) in [5.41, 5.74) is 0. The van der Waals surface area contributed by atoms with Crippen molar-refractivity contribution in [2.24, 2.45) is 0 Å². The van der Waals surface area contributed by atoms with Crippen LogP contribution in [0.25, 0.3) is 0 Å². The van der Waals surface area contributed by atoms with E-state index in [0.717, 1.165) is 39.0 Å². The van der Waals surface area contributed by atoms with E-state index >= 15 is 0 Å². The molecule has 0 N–H and O–H groups in total. The van der Waals surface area contributed by atoms with Crippen molar-refractivity contribution in [2.45, 2.75) is 45.6 Å². The van der Waals surface area contributed by atoms with Gasteiger partial charge in [0.1, 0.15) is 0 Å². The van der Waals surface area contributed by atoms with E-state index in [1.165, 1.54) is 12.8 Å². The van der Waals surface area contributed by atoms with E-state index in [4.69, 9.17) is 4.74 Å². The zero-order chi connectivity index (χ0) is 12.2. The quantitative estimate of drug-likeness (QED) is 0.487. The van der Waals surface area contributed by atoms with E-state index < -0.39 is 0 Å². The highest BCUT2D eigenvalue weighted by Crippen LogP contribution is 1.99. The Kier molecular flexibility index (Phi) is 7.96. The number of rotatable bonds is 9. The fraction of sp³-hybridized carbons (Fsp3) is 0.692. The first-order valence-corrected chi connectivity index (χ1v) is 6.25. The molecule has 0 atom stereocenters. The lowest BCUT2D eigenvalue weighted by Crippen LogP contribution is -2.04. The van der Waals surface area contributed by atoms with Gasteiger partial charge >= 0.3 is 0 Å². The molecule has 0 saturated carbocycles. The Labute approximate surface area is 103 Å². The summed E-state index contributed by atoms with van der Waals surface area (Å²) in [5.74, 6) is 5.97. The molecule has 0 saturated heterocycles. The molecule has 0 amide bonds. The maximum Gasteiger partial charge on any atom is 0.0692 e. The van der Waals surface area contributed by atoms with Gasteiger partial charge in [0.25, 0.3) is 0 Å². The summed E-state index contributed by atoms with van der Waals surface area (Å²) in [6.45, 7) is 4.43. The fourth-order valence-corrected chi connectivity index (χ4v) is 1.50. The Hall–Kier alpha value is -1.34. The van der Waals surface area contributed by atoms with Gasteiger partial charge in [-0.3, -0.25) is 4.68 Å². The van der Waals surface area contributed by atoms with Crippen LogP contribution in [0.15, 0.2) is 12.4 Å². The monoisotopic (exact) mass is 235 g/mol. The van der Waals surface area contributed by atoms with Gasteiger partial charge in [-0.15, -0.1) is 16.9 Å². The van der Waals surface area contributed by atoms with E-state index in [2.05, 4.69) is 22.2 Å². The smallest absolute Gasteiger partial charge is 0.0692 e. The molecule has 0 aliphatic rings. The molecule has 4 heteroatoms. The average Bonchev–Trinajstić information content (AvgIpc) is 2.85. The van der Waals surface area contributed by atoms with Gasteiger partial charge in [0.2, 0.25) is 0 Å². The van der Waals surface area contributed by atoms with Crippen LogP contribution in [0.1, 0.15) is 39.0 Å². The summed E-state index contributed by atoms with van der Waals surface area (Å²) >= 11 is 0. The molecular formula is C13H21N3O. The Balaban J connectivity index is 1.79. The van der Waals surface area contributed by atoms with Crippen LogP contribution in [0.4, 0.5) is 0 Å². The summed E-state index contributed by atoms with van der Waals surface area (Å²) in [5, 5.41) is 7.64. The molecule has 0 unspecified atom stereocenters.